The maximum Gasteiger partial charge on any atom is 0.244 e. The highest BCUT2D eigenvalue weighted by Gasteiger charge is 2.33. The van der Waals surface area contributed by atoms with E-state index in [0.29, 0.717) is 10.8 Å². The second-order valence-electron chi connectivity index (χ2n) is 9.49. The first-order valence-electron chi connectivity index (χ1n) is 12.5. The zero-order chi connectivity index (χ0) is 28.6. The van der Waals surface area contributed by atoms with Gasteiger partial charge in [0.2, 0.25) is 21.8 Å². The number of rotatable bonds is 12. The van der Waals surface area contributed by atoms with Gasteiger partial charge in [-0.15, -0.1) is 0 Å². The molecule has 0 saturated carbocycles. The maximum atomic E-state index is 14.0. The van der Waals surface area contributed by atoms with Gasteiger partial charge >= 0.3 is 0 Å². The second-order valence-corrected chi connectivity index (χ2v) is 11.8. The van der Waals surface area contributed by atoms with Gasteiger partial charge < -0.3 is 15.0 Å². The molecule has 3 aromatic carbocycles. The molecule has 8 nitrogen and oxygen atoms in total. The molecule has 1 N–H and O–H groups in total. The summed E-state index contributed by atoms with van der Waals surface area (Å²) in [6, 6.07) is 21.8. The van der Waals surface area contributed by atoms with Gasteiger partial charge in [-0.1, -0.05) is 60.1 Å². The molecular weight excluding hydrogens is 538 g/mol. The number of sulfonamides is 1. The molecule has 39 heavy (non-hydrogen) atoms. The zero-order valence-electron chi connectivity index (χ0n) is 22.5. The molecule has 0 aliphatic rings. The van der Waals surface area contributed by atoms with E-state index in [4.69, 9.17) is 16.3 Å². The van der Waals surface area contributed by atoms with Crippen molar-refractivity contribution in [3.63, 3.8) is 0 Å². The topological polar surface area (TPSA) is 96.0 Å². The quantitative estimate of drug-likeness (QED) is 0.350. The van der Waals surface area contributed by atoms with E-state index in [1.54, 1.807) is 43.5 Å². The molecule has 1 unspecified atom stereocenters. The predicted octanol–water partition coefficient (Wildman–Crippen LogP) is 4.28. The minimum atomic E-state index is -3.86. The average molecular weight is 572 g/mol. The number of anilines is 1. The monoisotopic (exact) mass is 571 g/mol. The molecule has 0 aliphatic heterocycles. The van der Waals surface area contributed by atoms with Crippen molar-refractivity contribution in [1.82, 2.24) is 10.2 Å². The van der Waals surface area contributed by atoms with Crippen LogP contribution in [0.2, 0.25) is 5.02 Å². The van der Waals surface area contributed by atoms with Crippen LogP contribution in [0.4, 0.5) is 5.69 Å². The fourth-order valence-corrected chi connectivity index (χ4v) is 5.17. The van der Waals surface area contributed by atoms with Gasteiger partial charge in [0.15, 0.2) is 0 Å². The molecule has 2 amide bonds. The fourth-order valence-electron chi connectivity index (χ4n) is 4.15. The summed E-state index contributed by atoms with van der Waals surface area (Å²) >= 11 is 6.12. The van der Waals surface area contributed by atoms with E-state index in [9.17, 15) is 18.0 Å². The molecule has 0 fully saturated rings. The zero-order valence-corrected chi connectivity index (χ0v) is 24.1. The summed E-state index contributed by atoms with van der Waals surface area (Å²) in [7, 11) is -2.32. The van der Waals surface area contributed by atoms with Gasteiger partial charge in [-0.3, -0.25) is 13.9 Å². The summed E-state index contributed by atoms with van der Waals surface area (Å²) in [6.07, 6.45) is 1.27. The van der Waals surface area contributed by atoms with Crippen molar-refractivity contribution in [2.75, 3.05) is 24.2 Å². The van der Waals surface area contributed by atoms with Crippen molar-refractivity contribution < 1.29 is 22.7 Å². The van der Waals surface area contributed by atoms with E-state index < -0.39 is 28.5 Å². The lowest BCUT2D eigenvalue weighted by atomic mass is 10.0. The van der Waals surface area contributed by atoms with Gasteiger partial charge in [0.25, 0.3) is 0 Å². The van der Waals surface area contributed by atoms with Gasteiger partial charge in [0.1, 0.15) is 18.3 Å². The predicted molar refractivity (Wildman–Crippen MR) is 154 cm³/mol. The Hall–Kier alpha value is -3.56. The van der Waals surface area contributed by atoms with Crippen LogP contribution in [0.1, 0.15) is 25.0 Å². The number of amides is 2. The molecule has 0 bridgehead atoms. The van der Waals surface area contributed by atoms with Crippen molar-refractivity contribution in [2.24, 2.45) is 0 Å². The summed E-state index contributed by atoms with van der Waals surface area (Å²) in [6.45, 7) is 3.24. The Morgan fingerprint density at radius 2 is 1.62 bits per heavy atom. The van der Waals surface area contributed by atoms with E-state index in [0.717, 1.165) is 21.7 Å². The van der Waals surface area contributed by atoms with Crippen molar-refractivity contribution in [1.29, 1.82) is 0 Å². The number of halogens is 1. The fraction of sp³-hybridized carbons (Fsp3) is 0.310. The Kier molecular flexibility index (Phi) is 10.4. The summed E-state index contributed by atoms with van der Waals surface area (Å²) in [4.78, 5) is 29.0. The third-order valence-corrected chi connectivity index (χ3v) is 7.34. The van der Waals surface area contributed by atoms with Crippen LogP contribution < -0.4 is 14.4 Å². The van der Waals surface area contributed by atoms with Crippen molar-refractivity contribution in [3.05, 3.63) is 95.0 Å². The van der Waals surface area contributed by atoms with Crippen LogP contribution in [0.5, 0.6) is 5.75 Å². The number of nitrogens with zero attached hydrogens (tertiary/aromatic N) is 2. The Balaban J connectivity index is 2.07. The molecule has 3 rings (SSSR count). The number of hydrogen-bond donors (Lipinski definition) is 1. The lowest BCUT2D eigenvalue weighted by Crippen LogP contribution is -2.54. The van der Waals surface area contributed by atoms with Gasteiger partial charge in [0.05, 0.1) is 19.1 Å². The molecule has 0 aliphatic carbocycles. The van der Waals surface area contributed by atoms with Gasteiger partial charge in [0, 0.05) is 24.0 Å². The molecule has 10 heteroatoms. The minimum absolute atomic E-state index is 0.0617. The second kappa shape index (κ2) is 13.5. The first-order chi connectivity index (χ1) is 18.5. The van der Waals surface area contributed by atoms with Gasteiger partial charge in [-0.25, -0.2) is 8.42 Å². The third-order valence-electron chi connectivity index (χ3n) is 5.96. The van der Waals surface area contributed by atoms with Gasteiger partial charge in [-0.2, -0.15) is 0 Å². The van der Waals surface area contributed by atoms with Crippen LogP contribution in [-0.2, 0) is 32.6 Å². The summed E-state index contributed by atoms with van der Waals surface area (Å²) < 4.78 is 31.9. The number of ether oxygens (including phenoxy) is 1. The number of benzene rings is 3. The molecule has 3 aromatic rings. The number of nitrogens with one attached hydrogen (secondary N) is 1. The Bertz CT molecular complexity index is 1380. The summed E-state index contributed by atoms with van der Waals surface area (Å²) in [5.41, 5.74) is 1.84. The van der Waals surface area contributed by atoms with Crippen LogP contribution >= 0.6 is 11.6 Å². The van der Waals surface area contributed by atoms with Crippen LogP contribution in [0.25, 0.3) is 0 Å². The van der Waals surface area contributed by atoms with Crippen molar-refractivity contribution in [3.8, 4) is 5.75 Å². The molecule has 1 atom stereocenters. The normalized spacial score (nSPS) is 12.1. The highest BCUT2D eigenvalue weighted by Crippen LogP contribution is 2.24. The lowest BCUT2D eigenvalue weighted by molar-refractivity contribution is -0.140. The number of methoxy groups -OCH3 is 1. The van der Waals surface area contributed by atoms with E-state index >= 15 is 0 Å². The van der Waals surface area contributed by atoms with Crippen LogP contribution in [0.3, 0.4) is 0 Å². The minimum Gasteiger partial charge on any atom is -0.497 e. The first kappa shape index (κ1) is 30.0. The summed E-state index contributed by atoms with van der Waals surface area (Å²) in [5.74, 6) is -0.273. The summed E-state index contributed by atoms with van der Waals surface area (Å²) in [5, 5.41) is 3.26. The van der Waals surface area contributed by atoms with Gasteiger partial charge in [-0.05, 0) is 55.3 Å². The first-order valence-corrected chi connectivity index (χ1v) is 14.7. The third kappa shape index (κ3) is 8.73. The smallest absolute Gasteiger partial charge is 0.244 e. The van der Waals surface area contributed by atoms with Crippen molar-refractivity contribution >= 4 is 39.1 Å². The lowest BCUT2D eigenvalue weighted by Gasteiger charge is -2.34. The number of carbonyl (C=O) groups excluding carboxylic acids is 2. The Labute approximate surface area is 235 Å². The molecule has 0 radical (unpaired) electrons. The number of hydrogen-bond acceptors (Lipinski definition) is 5. The Morgan fingerprint density at radius 1 is 0.949 bits per heavy atom. The number of carbonyl (C=O) groups is 2. The van der Waals surface area contributed by atoms with E-state index in [1.165, 1.54) is 11.0 Å². The molecule has 0 heterocycles. The molecule has 0 saturated heterocycles. The molecular formula is C29H34ClN3O5S. The Morgan fingerprint density at radius 3 is 2.23 bits per heavy atom. The van der Waals surface area contributed by atoms with Crippen LogP contribution in [0, 0.1) is 0 Å². The highest BCUT2D eigenvalue weighted by molar-refractivity contribution is 7.92. The molecule has 208 valence electrons. The standard InChI is InChI=1S/C29H34ClN3O5S/c1-21(2)31-29(35)27(17-22-10-6-5-7-11-22)32(19-23-12-8-15-26(16-23)38-3)28(34)20-33(39(4,36)37)25-14-9-13-24(30)18-25/h5-16,18,21,27H,17,19-20H2,1-4H3,(H,31,35). The largest absolute Gasteiger partial charge is 0.497 e. The van der Waals surface area contributed by atoms with E-state index in [2.05, 4.69) is 5.32 Å². The highest BCUT2D eigenvalue weighted by atomic mass is 35.5. The average Bonchev–Trinajstić information content (AvgIpc) is 2.88. The SMILES string of the molecule is COc1cccc(CN(C(=O)CN(c2cccc(Cl)c2)S(C)(=O)=O)C(Cc2ccccc2)C(=O)NC(C)C)c1. The molecule has 0 spiro atoms. The van der Waals surface area contributed by atoms with Crippen LogP contribution in [0.15, 0.2) is 78.9 Å². The van der Waals surface area contributed by atoms with E-state index in [-0.39, 0.29) is 30.6 Å². The van der Waals surface area contributed by atoms with E-state index in [1.807, 2.05) is 50.2 Å². The molecule has 0 aromatic heterocycles. The van der Waals surface area contributed by atoms with Crippen molar-refractivity contribution in [2.45, 2.75) is 38.9 Å². The maximum absolute atomic E-state index is 14.0. The van der Waals surface area contributed by atoms with Crippen LogP contribution in [-0.4, -0.2) is 57.1 Å².